The van der Waals surface area contributed by atoms with E-state index in [9.17, 15) is 4.79 Å². The van der Waals surface area contributed by atoms with Gasteiger partial charge in [-0.2, -0.15) is 0 Å². The molecule has 2 aromatic carbocycles. The maximum atomic E-state index is 11.9. The van der Waals surface area contributed by atoms with Gasteiger partial charge < -0.3 is 14.8 Å². The molecule has 0 bridgehead atoms. The number of ether oxygens (including phenoxy) is 2. The summed E-state index contributed by atoms with van der Waals surface area (Å²) in [5.41, 5.74) is 3.20. The summed E-state index contributed by atoms with van der Waals surface area (Å²) in [6.07, 6.45) is 0.762. The van der Waals surface area contributed by atoms with Crippen molar-refractivity contribution in [3.8, 4) is 22.1 Å². The van der Waals surface area contributed by atoms with Gasteiger partial charge in [-0.1, -0.05) is 12.1 Å². The quantitative estimate of drug-likeness (QED) is 0.643. The fourth-order valence-corrected chi connectivity index (χ4v) is 3.32. The van der Waals surface area contributed by atoms with Crippen LogP contribution in [-0.2, 0) is 11.2 Å². The zero-order valence-electron chi connectivity index (χ0n) is 15.4. The first-order valence-electron chi connectivity index (χ1n) is 8.69. The Balaban J connectivity index is 1.40. The highest BCUT2D eigenvalue weighted by Gasteiger charge is 2.05. The molecule has 0 radical (unpaired) electrons. The van der Waals surface area contributed by atoms with Gasteiger partial charge in [0.15, 0.2) is 6.61 Å². The van der Waals surface area contributed by atoms with Crippen LogP contribution in [0.4, 0.5) is 0 Å². The number of thiazole rings is 1. The summed E-state index contributed by atoms with van der Waals surface area (Å²) >= 11 is 1.61. The predicted molar refractivity (Wildman–Crippen MR) is 107 cm³/mol. The van der Waals surface area contributed by atoms with Gasteiger partial charge in [0.1, 0.15) is 16.5 Å². The molecule has 1 amide bonds. The number of rotatable bonds is 8. The molecule has 0 atom stereocenters. The molecule has 0 aliphatic carbocycles. The SMILES string of the molecule is COc1ccc(CCNC(=O)COc2ccc(-c3nc(C)cs3)cc2)cc1. The maximum absolute atomic E-state index is 11.9. The minimum atomic E-state index is -0.136. The van der Waals surface area contributed by atoms with Crippen LogP contribution in [0.5, 0.6) is 11.5 Å². The molecule has 0 aliphatic heterocycles. The van der Waals surface area contributed by atoms with E-state index in [0.29, 0.717) is 12.3 Å². The van der Waals surface area contributed by atoms with Crippen molar-refractivity contribution in [3.63, 3.8) is 0 Å². The second kappa shape index (κ2) is 9.19. The smallest absolute Gasteiger partial charge is 0.257 e. The average Bonchev–Trinajstić information content (AvgIpc) is 3.14. The topological polar surface area (TPSA) is 60.5 Å². The summed E-state index contributed by atoms with van der Waals surface area (Å²) < 4.78 is 10.7. The van der Waals surface area contributed by atoms with Crippen molar-refractivity contribution in [3.05, 3.63) is 65.2 Å². The van der Waals surface area contributed by atoms with Crippen LogP contribution in [0, 0.1) is 6.92 Å². The lowest BCUT2D eigenvalue weighted by atomic mass is 10.1. The summed E-state index contributed by atoms with van der Waals surface area (Å²) in [5, 5.41) is 5.87. The van der Waals surface area contributed by atoms with Crippen molar-refractivity contribution in [2.24, 2.45) is 0 Å². The molecule has 0 fully saturated rings. The van der Waals surface area contributed by atoms with Gasteiger partial charge in [-0.05, 0) is 55.3 Å². The maximum Gasteiger partial charge on any atom is 0.257 e. The molecule has 0 aliphatic rings. The molecule has 0 saturated carbocycles. The Hall–Kier alpha value is -2.86. The number of amides is 1. The van der Waals surface area contributed by atoms with E-state index in [1.54, 1.807) is 18.4 Å². The zero-order chi connectivity index (χ0) is 19.1. The molecule has 27 heavy (non-hydrogen) atoms. The molecule has 0 saturated heterocycles. The largest absolute Gasteiger partial charge is 0.497 e. The molecule has 5 nitrogen and oxygen atoms in total. The van der Waals surface area contributed by atoms with Crippen LogP contribution >= 0.6 is 11.3 Å². The number of carbonyl (C=O) groups excluding carboxylic acids is 1. The highest BCUT2D eigenvalue weighted by Crippen LogP contribution is 2.25. The molecule has 3 aromatic rings. The Bertz CT molecular complexity index is 873. The minimum absolute atomic E-state index is 0.00167. The van der Waals surface area contributed by atoms with Gasteiger partial charge in [-0.3, -0.25) is 4.79 Å². The van der Waals surface area contributed by atoms with E-state index in [1.807, 2.05) is 60.8 Å². The zero-order valence-corrected chi connectivity index (χ0v) is 16.2. The van der Waals surface area contributed by atoms with Crippen LogP contribution in [0.25, 0.3) is 10.6 Å². The Morgan fingerprint density at radius 1 is 1.07 bits per heavy atom. The van der Waals surface area contributed by atoms with Crippen molar-refractivity contribution < 1.29 is 14.3 Å². The third kappa shape index (κ3) is 5.56. The second-order valence-electron chi connectivity index (χ2n) is 6.06. The highest BCUT2D eigenvalue weighted by molar-refractivity contribution is 7.13. The lowest BCUT2D eigenvalue weighted by Crippen LogP contribution is -2.30. The third-order valence-corrected chi connectivity index (χ3v) is 4.99. The van der Waals surface area contributed by atoms with Crippen LogP contribution in [0.15, 0.2) is 53.9 Å². The number of nitrogens with one attached hydrogen (secondary N) is 1. The summed E-state index contributed by atoms with van der Waals surface area (Å²) in [4.78, 5) is 16.4. The first-order chi connectivity index (χ1) is 13.1. The number of methoxy groups -OCH3 is 1. The van der Waals surface area contributed by atoms with Crippen molar-refractivity contribution >= 4 is 17.2 Å². The highest BCUT2D eigenvalue weighted by atomic mass is 32.1. The summed E-state index contributed by atoms with van der Waals surface area (Å²) in [6, 6.07) is 15.4. The van der Waals surface area contributed by atoms with Gasteiger partial charge in [-0.15, -0.1) is 11.3 Å². The molecular weight excluding hydrogens is 360 g/mol. The van der Waals surface area contributed by atoms with Crippen molar-refractivity contribution in [2.75, 3.05) is 20.3 Å². The van der Waals surface area contributed by atoms with Gasteiger partial charge in [0.2, 0.25) is 0 Å². The number of hydrogen-bond acceptors (Lipinski definition) is 5. The van der Waals surface area contributed by atoms with E-state index in [4.69, 9.17) is 9.47 Å². The molecule has 1 aromatic heterocycles. The number of carbonyl (C=O) groups is 1. The van der Waals surface area contributed by atoms with E-state index < -0.39 is 0 Å². The average molecular weight is 382 g/mol. The fourth-order valence-electron chi connectivity index (χ4n) is 2.52. The molecule has 0 spiro atoms. The molecule has 6 heteroatoms. The summed E-state index contributed by atoms with van der Waals surface area (Å²) in [7, 11) is 1.64. The molecule has 140 valence electrons. The van der Waals surface area contributed by atoms with E-state index in [-0.39, 0.29) is 12.5 Å². The Labute approximate surface area is 163 Å². The predicted octanol–water partition coefficient (Wildman–Crippen LogP) is 3.86. The first kappa shape index (κ1) is 18.9. The standard InChI is InChI=1S/C21H22N2O3S/c1-15-14-27-21(23-15)17-5-9-19(10-6-17)26-13-20(24)22-12-11-16-3-7-18(25-2)8-4-16/h3-10,14H,11-13H2,1-2H3,(H,22,24). The number of aromatic nitrogens is 1. The Kier molecular flexibility index (Phi) is 6.44. The minimum Gasteiger partial charge on any atom is -0.497 e. The van der Waals surface area contributed by atoms with Crippen molar-refractivity contribution in [1.82, 2.24) is 10.3 Å². The Morgan fingerprint density at radius 2 is 1.78 bits per heavy atom. The van der Waals surface area contributed by atoms with Gasteiger partial charge in [0.25, 0.3) is 5.91 Å². The molecule has 3 rings (SSSR count). The van der Waals surface area contributed by atoms with Crippen LogP contribution in [0.2, 0.25) is 0 Å². The lowest BCUT2D eigenvalue weighted by molar-refractivity contribution is -0.123. The van der Waals surface area contributed by atoms with Crippen LogP contribution in [-0.4, -0.2) is 31.2 Å². The third-order valence-electron chi connectivity index (χ3n) is 3.99. The summed E-state index contributed by atoms with van der Waals surface area (Å²) in [5.74, 6) is 1.35. The number of benzene rings is 2. The second-order valence-corrected chi connectivity index (χ2v) is 6.91. The van der Waals surface area contributed by atoms with E-state index in [1.165, 1.54) is 0 Å². The van der Waals surface area contributed by atoms with Gasteiger partial charge in [0, 0.05) is 23.2 Å². The van der Waals surface area contributed by atoms with E-state index in [0.717, 1.165) is 34.0 Å². The monoisotopic (exact) mass is 382 g/mol. The molecule has 1 N–H and O–H groups in total. The van der Waals surface area contributed by atoms with Gasteiger partial charge in [-0.25, -0.2) is 4.98 Å². The Morgan fingerprint density at radius 3 is 2.41 bits per heavy atom. The number of nitrogens with zero attached hydrogens (tertiary/aromatic N) is 1. The van der Waals surface area contributed by atoms with E-state index in [2.05, 4.69) is 10.3 Å². The van der Waals surface area contributed by atoms with Crippen LogP contribution in [0.3, 0.4) is 0 Å². The molecular formula is C21H22N2O3S. The number of hydrogen-bond donors (Lipinski definition) is 1. The normalized spacial score (nSPS) is 10.4. The van der Waals surface area contributed by atoms with Gasteiger partial charge >= 0.3 is 0 Å². The van der Waals surface area contributed by atoms with E-state index >= 15 is 0 Å². The van der Waals surface area contributed by atoms with Crippen LogP contribution in [0.1, 0.15) is 11.3 Å². The molecule has 0 unspecified atom stereocenters. The van der Waals surface area contributed by atoms with Gasteiger partial charge in [0.05, 0.1) is 7.11 Å². The van der Waals surface area contributed by atoms with Crippen molar-refractivity contribution in [2.45, 2.75) is 13.3 Å². The van der Waals surface area contributed by atoms with Crippen molar-refractivity contribution in [1.29, 1.82) is 0 Å². The fraction of sp³-hybridized carbons (Fsp3) is 0.238. The lowest BCUT2D eigenvalue weighted by Gasteiger charge is -2.08. The van der Waals surface area contributed by atoms with Crippen LogP contribution < -0.4 is 14.8 Å². The molecule has 1 heterocycles. The first-order valence-corrected chi connectivity index (χ1v) is 9.57. The summed E-state index contributed by atoms with van der Waals surface area (Å²) in [6.45, 7) is 2.54. The number of aryl methyl sites for hydroxylation is 1.